The van der Waals surface area contributed by atoms with Gasteiger partial charge in [-0.15, -0.1) is 0 Å². The van der Waals surface area contributed by atoms with E-state index in [0.29, 0.717) is 17.9 Å². The summed E-state index contributed by atoms with van der Waals surface area (Å²) in [5.74, 6) is -0.779. The Morgan fingerprint density at radius 2 is 1.72 bits per heavy atom. The number of ether oxygens (including phenoxy) is 3. The number of carbonyl (C=O) groups excluding carboxylic acids is 2. The highest BCUT2D eigenvalue weighted by Gasteiger charge is 2.40. The lowest BCUT2D eigenvalue weighted by molar-refractivity contribution is -0.151. The van der Waals surface area contributed by atoms with Crippen LogP contribution >= 0.6 is 0 Å². The van der Waals surface area contributed by atoms with Crippen molar-refractivity contribution in [1.82, 2.24) is 0 Å². The number of methoxy groups -OCH3 is 2. The molecule has 0 fully saturated rings. The summed E-state index contributed by atoms with van der Waals surface area (Å²) in [6.07, 6.45) is 2.14. The van der Waals surface area contributed by atoms with Crippen LogP contribution in [0.1, 0.15) is 36.0 Å². The van der Waals surface area contributed by atoms with Crippen LogP contribution in [0.5, 0.6) is 11.5 Å². The molecule has 1 aliphatic carbocycles. The number of hydrogen-bond donors (Lipinski definition) is 0. The normalized spacial score (nSPS) is 18.8. The molecule has 0 bridgehead atoms. The predicted octanol–water partition coefficient (Wildman–Crippen LogP) is 4.33. The maximum atomic E-state index is 13.0. The van der Waals surface area contributed by atoms with Gasteiger partial charge in [-0.2, -0.15) is 0 Å². The molecular formula is C24H26O5. The summed E-state index contributed by atoms with van der Waals surface area (Å²) in [6.45, 7) is 3.99. The van der Waals surface area contributed by atoms with Gasteiger partial charge in [0.1, 0.15) is 5.92 Å². The second-order valence-corrected chi connectivity index (χ2v) is 7.09. The molecule has 5 heteroatoms. The first-order chi connectivity index (χ1) is 14.0. The quantitative estimate of drug-likeness (QED) is 0.539. The van der Waals surface area contributed by atoms with Gasteiger partial charge in [-0.1, -0.05) is 35.9 Å². The van der Waals surface area contributed by atoms with E-state index >= 15 is 0 Å². The Bertz CT molecular complexity index is 927. The molecule has 0 unspecified atom stereocenters. The zero-order valence-corrected chi connectivity index (χ0v) is 17.2. The molecule has 0 N–H and O–H groups in total. The van der Waals surface area contributed by atoms with E-state index in [-0.39, 0.29) is 18.3 Å². The van der Waals surface area contributed by atoms with Crippen molar-refractivity contribution in [3.63, 3.8) is 0 Å². The third kappa shape index (κ3) is 4.34. The van der Waals surface area contributed by atoms with Crippen LogP contribution in [0.2, 0.25) is 0 Å². The van der Waals surface area contributed by atoms with E-state index in [1.807, 2.05) is 43.3 Å². The monoisotopic (exact) mass is 394 g/mol. The van der Waals surface area contributed by atoms with Crippen LogP contribution in [-0.4, -0.2) is 32.6 Å². The predicted molar refractivity (Wildman–Crippen MR) is 111 cm³/mol. The fraction of sp³-hybridized carbons (Fsp3) is 0.333. The van der Waals surface area contributed by atoms with Crippen molar-refractivity contribution in [2.75, 3.05) is 20.8 Å². The Hall–Kier alpha value is -3.08. The molecular weight excluding hydrogens is 368 g/mol. The maximum Gasteiger partial charge on any atom is 0.317 e. The highest BCUT2D eigenvalue weighted by atomic mass is 16.5. The third-order valence-corrected chi connectivity index (χ3v) is 5.26. The van der Waals surface area contributed by atoms with Gasteiger partial charge in [-0.25, -0.2) is 0 Å². The van der Waals surface area contributed by atoms with Crippen molar-refractivity contribution in [3.8, 4) is 11.5 Å². The first kappa shape index (κ1) is 20.6. The van der Waals surface area contributed by atoms with Gasteiger partial charge < -0.3 is 14.2 Å². The highest BCUT2D eigenvalue weighted by Crippen LogP contribution is 2.42. The number of benzene rings is 2. The summed E-state index contributed by atoms with van der Waals surface area (Å²) in [7, 11) is 3.13. The minimum absolute atomic E-state index is 0.231. The first-order valence-corrected chi connectivity index (χ1v) is 9.68. The lowest BCUT2D eigenvalue weighted by atomic mass is 9.73. The van der Waals surface area contributed by atoms with Crippen LogP contribution < -0.4 is 9.47 Å². The minimum Gasteiger partial charge on any atom is -0.493 e. The second-order valence-electron chi connectivity index (χ2n) is 7.09. The van der Waals surface area contributed by atoms with E-state index in [4.69, 9.17) is 14.2 Å². The zero-order chi connectivity index (χ0) is 21.0. The Balaban J connectivity index is 2.05. The number of esters is 1. The van der Waals surface area contributed by atoms with Crippen LogP contribution in [0.25, 0.3) is 5.57 Å². The topological polar surface area (TPSA) is 61.8 Å². The van der Waals surface area contributed by atoms with E-state index in [9.17, 15) is 9.59 Å². The van der Waals surface area contributed by atoms with Gasteiger partial charge in [0.2, 0.25) is 0 Å². The smallest absolute Gasteiger partial charge is 0.317 e. The van der Waals surface area contributed by atoms with Crippen LogP contribution in [0.3, 0.4) is 0 Å². The Kier molecular flexibility index (Phi) is 6.37. The van der Waals surface area contributed by atoms with Crippen LogP contribution in [-0.2, 0) is 14.3 Å². The van der Waals surface area contributed by atoms with Crippen LogP contribution in [0.15, 0.2) is 48.5 Å². The fourth-order valence-corrected chi connectivity index (χ4v) is 3.75. The number of allylic oxidation sites excluding steroid dienone is 2. The van der Waals surface area contributed by atoms with E-state index in [1.54, 1.807) is 33.3 Å². The number of hydrogen-bond acceptors (Lipinski definition) is 5. The van der Waals surface area contributed by atoms with Crippen LogP contribution in [0.4, 0.5) is 0 Å². The molecule has 0 aromatic heterocycles. The molecule has 0 heterocycles. The molecule has 0 saturated heterocycles. The lowest BCUT2D eigenvalue weighted by Gasteiger charge is -2.30. The number of aryl methyl sites for hydroxylation is 1. The maximum absolute atomic E-state index is 13.0. The SMILES string of the molecule is CCOC(=O)[C@@H]1C(=O)C=C(c2ccc(C)cc2)C[C@@H]1c1ccc(OC)c(OC)c1. The van der Waals surface area contributed by atoms with Gasteiger partial charge in [0.05, 0.1) is 20.8 Å². The summed E-state index contributed by atoms with van der Waals surface area (Å²) in [5.41, 5.74) is 3.89. The van der Waals surface area contributed by atoms with E-state index < -0.39 is 11.9 Å². The van der Waals surface area contributed by atoms with Crippen molar-refractivity contribution < 1.29 is 23.8 Å². The van der Waals surface area contributed by atoms with Gasteiger partial charge in [-0.05, 0) is 55.2 Å². The molecule has 3 rings (SSSR count). The molecule has 0 amide bonds. The Labute approximate surface area is 171 Å². The fourth-order valence-electron chi connectivity index (χ4n) is 3.75. The molecule has 5 nitrogen and oxygen atoms in total. The number of rotatable bonds is 6. The zero-order valence-electron chi connectivity index (χ0n) is 17.2. The molecule has 2 atom stereocenters. The lowest BCUT2D eigenvalue weighted by Crippen LogP contribution is -2.34. The molecule has 0 aliphatic heterocycles. The molecule has 1 aliphatic rings. The molecule has 2 aromatic carbocycles. The van der Waals surface area contributed by atoms with Gasteiger partial charge in [-0.3, -0.25) is 9.59 Å². The van der Waals surface area contributed by atoms with Crippen LogP contribution in [0, 0.1) is 12.8 Å². The second kappa shape index (κ2) is 8.95. The molecule has 152 valence electrons. The van der Waals surface area contributed by atoms with Crippen molar-refractivity contribution in [2.45, 2.75) is 26.2 Å². The van der Waals surface area contributed by atoms with Crippen molar-refractivity contribution in [1.29, 1.82) is 0 Å². The summed E-state index contributed by atoms with van der Waals surface area (Å²) >= 11 is 0. The largest absolute Gasteiger partial charge is 0.493 e. The average Bonchev–Trinajstić information content (AvgIpc) is 2.73. The van der Waals surface area contributed by atoms with Gasteiger partial charge in [0.15, 0.2) is 17.3 Å². The Morgan fingerprint density at radius 1 is 1.03 bits per heavy atom. The Morgan fingerprint density at radius 3 is 2.34 bits per heavy atom. The summed E-state index contributed by atoms with van der Waals surface area (Å²) < 4.78 is 16.0. The third-order valence-electron chi connectivity index (χ3n) is 5.26. The molecule has 0 saturated carbocycles. The van der Waals surface area contributed by atoms with Crippen molar-refractivity contribution >= 4 is 17.3 Å². The highest BCUT2D eigenvalue weighted by molar-refractivity contribution is 6.10. The number of carbonyl (C=O) groups is 2. The summed E-state index contributed by atoms with van der Waals surface area (Å²) in [6, 6.07) is 13.6. The van der Waals surface area contributed by atoms with Gasteiger partial charge in [0.25, 0.3) is 0 Å². The van der Waals surface area contributed by atoms with E-state index in [1.165, 1.54) is 0 Å². The van der Waals surface area contributed by atoms with Crippen molar-refractivity contribution in [2.24, 2.45) is 5.92 Å². The molecule has 2 aromatic rings. The van der Waals surface area contributed by atoms with Gasteiger partial charge in [0, 0.05) is 5.92 Å². The van der Waals surface area contributed by atoms with E-state index in [2.05, 4.69) is 0 Å². The van der Waals surface area contributed by atoms with Gasteiger partial charge >= 0.3 is 5.97 Å². The standard InChI is InChI=1S/C24H26O5/c1-5-29-24(26)23-19(17-10-11-21(27-3)22(14-17)28-4)12-18(13-20(23)25)16-8-6-15(2)7-9-16/h6-11,13-14,19,23H,5,12H2,1-4H3/t19-,23+/m1/s1. The number of ketones is 1. The molecule has 0 spiro atoms. The minimum atomic E-state index is -0.873. The molecule has 29 heavy (non-hydrogen) atoms. The van der Waals surface area contributed by atoms with Crippen molar-refractivity contribution in [3.05, 3.63) is 65.2 Å². The average molecular weight is 394 g/mol. The summed E-state index contributed by atoms with van der Waals surface area (Å²) in [4.78, 5) is 25.6. The summed E-state index contributed by atoms with van der Waals surface area (Å²) in [5, 5.41) is 0. The van der Waals surface area contributed by atoms with E-state index in [0.717, 1.165) is 22.3 Å². The first-order valence-electron chi connectivity index (χ1n) is 9.68. The molecule has 0 radical (unpaired) electrons.